The molecular formula is C14H8Br3ClN2. The van der Waals surface area contributed by atoms with Crippen LogP contribution in [0.2, 0.25) is 0 Å². The third kappa shape index (κ3) is 2.56. The van der Waals surface area contributed by atoms with Crippen LogP contribution < -0.4 is 0 Å². The first-order valence-corrected chi connectivity index (χ1v) is 8.70. The lowest BCUT2D eigenvalue weighted by Crippen LogP contribution is -2.00. The quantitative estimate of drug-likeness (QED) is 0.409. The maximum Gasteiger partial charge on any atom is 0.129 e. The molecule has 1 heterocycles. The van der Waals surface area contributed by atoms with Gasteiger partial charge in [0.05, 0.1) is 22.6 Å². The minimum Gasteiger partial charge on any atom is -0.294 e. The number of nitrogens with zero attached hydrogens (tertiary/aromatic N) is 2. The number of alkyl halides is 1. The lowest BCUT2D eigenvalue weighted by molar-refractivity contribution is 0.977. The molecular weight excluding hydrogens is 471 g/mol. The number of benzene rings is 2. The van der Waals surface area contributed by atoms with E-state index in [9.17, 15) is 0 Å². The van der Waals surface area contributed by atoms with Crippen molar-refractivity contribution in [1.29, 1.82) is 0 Å². The Labute approximate surface area is 146 Å². The second kappa shape index (κ2) is 5.79. The van der Waals surface area contributed by atoms with Gasteiger partial charge in [0, 0.05) is 13.4 Å². The SMILES string of the molecule is ClCc1nc2cc(Br)ccc2n1-c1ccc(Br)cc1Br. The second-order valence-electron chi connectivity index (χ2n) is 4.23. The van der Waals surface area contributed by atoms with E-state index < -0.39 is 0 Å². The normalized spacial score (nSPS) is 11.2. The summed E-state index contributed by atoms with van der Waals surface area (Å²) in [6, 6.07) is 12.1. The molecule has 0 fully saturated rings. The van der Waals surface area contributed by atoms with E-state index in [0.717, 1.165) is 36.0 Å². The van der Waals surface area contributed by atoms with Crippen LogP contribution in [-0.4, -0.2) is 9.55 Å². The molecule has 102 valence electrons. The molecule has 0 amide bonds. The highest BCUT2D eigenvalue weighted by Gasteiger charge is 2.14. The van der Waals surface area contributed by atoms with Crippen molar-refractivity contribution in [2.24, 2.45) is 0 Å². The van der Waals surface area contributed by atoms with Gasteiger partial charge in [0.2, 0.25) is 0 Å². The number of hydrogen-bond donors (Lipinski definition) is 0. The summed E-state index contributed by atoms with van der Waals surface area (Å²) in [6.45, 7) is 0. The van der Waals surface area contributed by atoms with Crippen LogP contribution >= 0.6 is 59.4 Å². The predicted molar refractivity (Wildman–Crippen MR) is 93.7 cm³/mol. The molecule has 0 bridgehead atoms. The second-order valence-corrected chi connectivity index (χ2v) is 7.18. The first-order chi connectivity index (χ1) is 9.60. The number of imidazole rings is 1. The molecule has 0 atom stereocenters. The molecule has 3 rings (SSSR count). The molecule has 1 aromatic heterocycles. The van der Waals surface area contributed by atoms with E-state index in [4.69, 9.17) is 11.6 Å². The summed E-state index contributed by atoms with van der Waals surface area (Å²) in [4.78, 5) is 4.60. The van der Waals surface area contributed by atoms with E-state index in [1.54, 1.807) is 0 Å². The zero-order valence-electron chi connectivity index (χ0n) is 10.1. The maximum absolute atomic E-state index is 6.06. The van der Waals surface area contributed by atoms with Gasteiger partial charge in [-0.2, -0.15) is 0 Å². The maximum atomic E-state index is 6.06. The van der Waals surface area contributed by atoms with Crippen LogP contribution in [0.3, 0.4) is 0 Å². The van der Waals surface area contributed by atoms with Gasteiger partial charge in [-0.15, -0.1) is 11.6 Å². The van der Waals surface area contributed by atoms with Crippen LogP contribution in [0.4, 0.5) is 0 Å². The van der Waals surface area contributed by atoms with Gasteiger partial charge in [0.15, 0.2) is 0 Å². The molecule has 6 heteroatoms. The van der Waals surface area contributed by atoms with Gasteiger partial charge in [-0.3, -0.25) is 4.57 Å². The number of aromatic nitrogens is 2. The number of halogens is 4. The van der Waals surface area contributed by atoms with Crippen molar-refractivity contribution in [3.63, 3.8) is 0 Å². The molecule has 2 nitrogen and oxygen atoms in total. The summed E-state index contributed by atoms with van der Waals surface area (Å²) in [5, 5.41) is 0. The summed E-state index contributed by atoms with van der Waals surface area (Å²) >= 11 is 16.6. The average molecular weight is 479 g/mol. The van der Waals surface area contributed by atoms with Crippen LogP contribution in [0.5, 0.6) is 0 Å². The lowest BCUT2D eigenvalue weighted by Gasteiger charge is -2.10. The van der Waals surface area contributed by atoms with Gasteiger partial charge in [0.1, 0.15) is 5.82 Å². The number of rotatable bonds is 2. The Balaban J connectivity index is 2.34. The summed E-state index contributed by atoms with van der Waals surface area (Å²) in [5.74, 6) is 1.18. The van der Waals surface area contributed by atoms with Crippen molar-refractivity contribution < 1.29 is 0 Å². The molecule has 20 heavy (non-hydrogen) atoms. The third-order valence-electron chi connectivity index (χ3n) is 2.96. The van der Waals surface area contributed by atoms with Crippen molar-refractivity contribution in [2.75, 3.05) is 0 Å². The molecule has 3 aromatic rings. The lowest BCUT2D eigenvalue weighted by atomic mass is 10.3. The summed E-state index contributed by atoms with van der Waals surface area (Å²) < 4.78 is 5.09. The first-order valence-electron chi connectivity index (χ1n) is 5.78. The number of fused-ring (bicyclic) bond motifs is 1. The van der Waals surface area contributed by atoms with Crippen LogP contribution in [0.15, 0.2) is 49.8 Å². The molecule has 0 aliphatic carbocycles. The molecule has 0 radical (unpaired) electrons. The Morgan fingerprint density at radius 1 is 1.00 bits per heavy atom. The van der Waals surface area contributed by atoms with Crippen molar-refractivity contribution in [2.45, 2.75) is 5.88 Å². The van der Waals surface area contributed by atoms with E-state index >= 15 is 0 Å². The van der Waals surface area contributed by atoms with Gasteiger partial charge in [0.25, 0.3) is 0 Å². The largest absolute Gasteiger partial charge is 0.294 e. The fourth-order valence-electron chi connectivity index (χ4n) is 2.12. The fourth-order valence-corrected chi connectivity index (χ4v) is 3.88. The smallest absolute Gasteiger partial charge is 0.129 e. The molecule has 0 saturated carbocycles. The zero-order chi connectivity index (χ0) is 14.3. The number of hydrogen-bond acceptors (Lipinski definition) is 1. The predicted octanol–water partition coefficient (Wildman–Crippen LogP) is 6.05. The highest BCUT2D eigenvalue weighted by Crippen LogP contribution is 2.31. The molecule has 0 aliphatic heterocycles. The van der Waals surface area contributed by atoms with Crippen molar-refractivity contribution >= 4 is 70.4 Å². The molecule has 0 unspecified atom stereocenters. The van der Waals surface area contributed by atoms with Gasteiger partial charge in [-0.05, 0) is 52.3 Å². The summed E-state index contributed by atoms with van der Waals surface area (Å²) in [7, 11) is 0. The Morgan fingerprint density at radius 2 is 1.70 bits per heavy atom. The Hall–Kier alpha value is -0.360. The van der Waals surface area contributed by atoms with E-state index in [-0.39, 0.29) is 0 Å². The van der Waals surface area contributed by atoms with E-state index in [1.807, 2.05) is 36.4 Å². The minimum atomic E-state index is 0.356. The van der Waals surface area contributed by atoms with Gasteiger partial charge >= 0.3 is 0 Å². The first kappa shape index (κ1) is 14.6. The Morgan fingerprint density at radius 3 is 2.40 bits per heavy atom. The highest BCUT2D eigenvalue weighted by atomic mass is 79.9. The van der Waals surface area contributed by atoms with Crippen molar-refractivity contribution in [3.05, 3.63) is 55.6 Å². The van der Waals surface area contributed by atoms with Crippen LogP contribution in [-0.2, 0) is 5.88 Å². The summed E-state index contributed by atoms with van der Waals surface area (Å²) in [5.41, 5.74) is 2.98. The van der Waals surface area contributed by atoms with Gasteiger partial charge in [-0.1, -0.05) is 31.9 Å². The van der Waals surface area contributed by atoms with Crippen molar-refractivity contribution in [1.82, 2.24) is 9.55 Å². The van der Waals surface area contributed by atoms with Crippen LogP contribution in [0, 0.1) is 0 Å². The van der Waals surface area contributed by atoms with Gasteiger partial charge in [-0.25, -0.2) is 4.98 Å². The topological polar surface area (TPSA) is 17.8 Å². The Kier molecular flexibility index (Phi) is 4.22. The molecule has 0 N–H and O–H groups in total. The minimum absolute atomic E-state index is 0.356. The Bertz CT molecular complexity index is 798. The molecule has 0 spiro atoms. The fraction of sp³-hybridized carbons (Fsp3) is 0.0714. The summed E-state index contributed by atoms with van der Waals surface area (Å²) in [6.07, 6.45) is 0. The standard InChI is InChI=1S/C14H8Br3ClN2/c15-8-1-3-12(10(17)5-8)20-13-4-2-9(16)6-11(13)19-14(20)7-18/h1-6H,7H2. The molecule has 0 aliphatic rings. The third-order valence-corrected chi connectivity index (χ3v) is 4.82. The zero-order valence-corrected chi connectivity index (χ0v) is 15.6. The van der Waals surface area contributed by atoms with Gasteiger partial charge < -0.3 is 0 Å². The highest BCUT2D eigenvalue weighted by molar-refractivity contribution is 9.11. The van der Waals surface area contributed by atoms with Crippen LogP contribution in [0.25, 0.3) is 16.7 Å². The molecule has 2 aromatic carbocycles. The molecule has 0 saturated heterocycles. The van der Waals surface area contributed by atoms with E-state index in [1.165, 1.54) is 0 Å². The monoisotopic (exact) mass is 476 g/mol. The van der Waals surface area contributed by atoms with Crippen molar-refractivity contribution in [3.8, 4) is 5.69 Å². The van der Waals surface area contributed by atoms with E-state index in [0.29, 0.717) is 5.88 Å². The van der Waals surface area contributed by atoms with Crippen LogP contribution in [0.1, 0.15) is 5.82 Å². The van der Waals surface area contributed by atoms with E-state index in [2.05, 4.69) is 57.3 Å². The average Bonchev–Trinajstić information content (AvgIpc) is 2.76.